The zero-order chi connectivity index (χ0) is 5.11. The number of anilines is 1. The average molecular weight is 114 g/mol. The second kappa shape index (κ2) is 1.93. The van der Waals surface area contributed by atoms with Crippen LogP contribution in [0.4, 0.5) is 5.00 Å². The first-order valence-electron chi connectivity index (χ1n) is 2.02. The monoisotopic (exact) mass is 114 g/mol. The lowest BCUT2D eigenvalue weighted by atomic mass is 10.7. The van der Waals surface area contributed by atoms with Crippen molar-refractivity contribution in [3.05, 3.63) is 12.3 Å². The van der Waals surface area contributed by atoms with E-state index in [1.165, 1.54) is 11.5 Å². The van der Waals surface area contributed by atoms with Crippen LogP contribution in [-0.4, -0.2) is 11.4 Å². The maximum atomic E-state index is 3.87. The van der Waals surface area contributed by atoms with Gasteiger partial charge in [-0.1, -0.05) is 0 Å². The van der Waals surface area contributed by atoms with E-state index in [9.17, 15) is 0 Å². The van der Waals surface area contributed by atoms with Crippen molar-refractivity contribution in [3.63, 3.8) is 0 Å². The van der Waals surface area contributed by atoms with Crippen molar-refractivity contribution >= 4 is 16.5 Å². The van der Waals surface area contributed by atoms with Gasteiger partial charge in [-0.25, -0.2) is 0 Å². The third-order valence-electron chi connectivity index (χ3n) is 0.684. The van der Waals surface area contributed by atoms with Crippen LogP contribution in [0, 0.1) is 0 Å². The lowest BCUT2D eigenvalue weighted by Crippen LogP contribution is -1.79. The maximum absolute atomic E-state index is 3.87. The molecule has 0 saturated carbocycles. The second-order valence-corrected chi connectivity index (χ2v) is 1.96. The Morgan fingerprint density at radius 1 is 1.86 bits per heavy atom. The Morgan fingerprint density at radius 2 is 2.71 bits per heavy atom. The first kappa shape index (κ1) is 4.59. The zero-order valence-corrected chi connectivity index (χ0v) is 4.83. The van der Waals surface area contributed by atoms with Crippen LogP contribution >= 0.6 is 11.5 Å². The molecule has 3 heteroatoms. The molecule has 0 spiro atoms. The first-order valence-corrected chi connectivity index (χ1v) is 2.79. The maximum Gasteiger partial charge on any atom is 0.109 e. The topological polar surface area (TPSA) is 24.9 Å². The molecule has 1 rings (SSSR count). The predicted octanol–water partition coefficient (Wildman–Crippen LogP) is 1.18. The molecule has 0 fully saturated rings. The smallest absolute Gasteiger partial charge is 0.109 e. The highest BCUT2D eigenvalue weighted by Gasteiger charge is 1.82. The largest absolute Gasteiger partial charge is 0.379 e. The number of nitrogens with zero attached hydrogens (tertiary/aromatic N) is 1. The number of hydrogen-bond acceptors (Lipinski definition) is 3. The van der Waals surface area contributed by atoms with Crippen LogP contribution in [-0.2, 0) is 0 Å². The third kappa shape index (κ3) is 0.899. The van der Waals surface area contributed by atoms with Gasteiger partial charge in [-0.3, -0.25) is 0 Å². The Balaban J connectivity index is 2.76. The van der Waals surface area contributed by atoms with Crippen molar-refractivity contribution in [2.24, 2.45) is 0 Å². The van der Waals surface area contributed by atoms with E-state index in [0.29, 0.717) is 0 Å². The fourth-order valence-electron chi connectivity index (χ4n) is 0.345. The minimum Gasteiger partial charge on any atom is -0.379 e. The SMILES string of the molecule is CNc1ccns1. The molecule has 1 heterocycles. The highest BCUT2D eigenvalue weighted by Crippen LogP contribution is 2.08. The molecule has 0 bridgehead atoms. The molecule has 0 aliphatic heterocycles. The summed E-state index contributed by atoms with van der Waals surface area (Å²) in [7, 11) is 1.88. The number of rotatable bonds is 1. The molecule has 7 heavy (non-hydrogen) atoms. The van der Waals surface area contributed by atoms with Crippen LogP contribution in [0.2, 0.25) is 0 Å². The highest BCUT2D eigenvalue weighted by molar-refractivity contribution is 7.10. The molecule has 38 valence electrons. The van der Waals surface area contributed by atoms with Gasteiger partial charge in [-0.2, -0.15) is 4.37 Å². The molecule has 0 aromatic carbocycles. The quantitative estimate of drug-likeness (QED) is 0.593. The van der Waals surface area contributed by atoms with E-state index in [2.05, 4.69) is 9.69 Å². The lowest BCUT2D eigenvalue weighted by molar-refractivity contribution is 1.57. The second-order valence-electron chi connectivity index (χ2n) is 1.13. The molecule has 1 N–H and O–H groups in total. The van der Waals surface area contributed by atoms with Crippen LogP contribution in [0.1, 0.15) is 0 Å². The van der Waals surface area contributed by atoms with Crippen molar-refractivity contribution in [1.29, 1.82) is 0 Å². The number of nitrogens with one attached hydrogen (secondary N) is 1. The lowest BCUT2D eigenvalue weighted by Gasteiger charge is -1.84. The van der Waals surface area contributed by atoms with Gasteiger partial charge in [0.1, 0.15) is 5.00 Å². The zero-order valence-electron chi connectivity index (χ0n) is 4.01. The molecule has 0 aliphatic carbocycles. The molecule has 2 nitrogen and oxygen atoms in total. The molecule has 0 atom stereocenters. The van der Waals surface area contributed by atoms with Gasteiger partial charge in [-0.05, 0) is 17.6 Å². The van der Waals surface area contributed by atoms with Crippen molar-refractivity contribution in [2.45, 2.75) is 0 Å². The van der Waals surface area contributed by atoms with Crippen LogP contribution in [0.25, 0.3) is 0 Å². The van der Waals surface area contributed by atoms with E-state index in [4.69, 9.17) is 0 Å². The first-order chi connectivity index (χ1) is 3.43. The summed E-state index contributed by atoms with van der Waals surface area (Å²) in [6.07, 6.45) is 1.77. The molecule has 0 amide bonds. The van der Waals surface area contributed by atoms with Gasteiger partial charge in [0, 0.05) is 13.2 Å². The fraction of sp³-hybridized carbons (Fsp3) is 0.250. The van der Waals surface area contributed by atoms with Gasteiger partial charge in [0.25, 0.3) is 0 Å². The molecular weight excluding hydrogens is 108 g/mol. The molecule has 0 saturated heterocycles. The van der Waals surface area contributed by atoms with Crippen molar-refractivity contribution in [3.8, 4) is 0 Å². The van der Waals surface area contributed by atoms with Crippen LogP contribution in [0.3, 0.4) is 0 Å². The van der Waals surface area contributed by atoms with E-state index >= 15 is 0 Å². The molecule has 0 unspecified atom stereocenters. The normalized spacial score (nSPS) is 8.71. The van der Waals surface area contributed by atoms with Gasteiger partial charge >= 0.3 is 0 Å². The summed E-state index contributed by atoms with van der Waals surface area (Å²) < 4.78 is 3.87. The van der Waals surface area contributed by atoms with E-state index in [-0.39, 0.29) is 0 Å². The number of hydrogen-bond donors (Lipinski definition) is 1. The summed E-state index contributed by atoms with van der Waals surface area (Å²) in [6, 6.07) is 1.94. The number of aromatic nitrogens is 1. The van der Waals surface area contributed by atoms with Gasteiger partial charge in [-0.15, -0.1) is 0 Å². The molecule has 0 radical (unpaired) electrons. The van der Waals surface area contributed by atoms with Crippen LogP contribution in [0.5, 0.6) is 0 Å². The summed E-state index contributed by atoms with van der Waals surface area (Å²) in [5, 5.41) is 4.07. The summed E-state index contributed by atoms with van der Waals surface area (Å²) in [4.78, 5) is 0. The van der Waals surface area contributed by atoms with E-state index in [1.807, 2.05) is 13.1 Å². The highest BCUT2D eigenvalue weighted by atomic mass is 32.1. The third-order valence-corrected chi connectivity index (χ3v) is 1.45. The minimum atomic E-state index is 1.11. The van der Waals surface area contributed by atoms with Gasteiger partial charge in [0.15, 0.2) is 0 Å². The minimum absolute atomic E-state index is 1.11. The summed E-state index contributed by atoms with van der Waals surface area (Å²) in [5.74, 6) is 0. The van der Waals surface area contributed by atoms with Gasteiger partial charge < -0.3 is 5.32 Å². The van der Waals surface area contributed by atoms with Gasteiger partial charge in [0.05, 0.1) is 0 Å². The summed E-state index contributed by atoms with van der Waals surface area (Å²) in [6.45, 7) is 0. The Kier molecular flexibility index (Phi) is 1.26. The average Bonchev–Trinajstić information content (AvgIpc) is 2.14. The molecule has 0 aliphatic rings. The summed E-state index contributed by atoms with van der Waals surface area (Å²) in [5.41, 5.74) is 0. The van der Waals surface area contributed by atoms with E-state index < -0.39 is 0 Å². The van der Waals surface area contributed by atoms with Crippen molar-refractivity contribution in [2.75, 3.05) is 12.4 Å². The standard InChI is InChI=1S/C4H6N2S/c1-5-4-2-3-6-7-4/h2-3,5H,1H3. The van der Waals surface area contributed by atoms with Crippen LogP contribution < -0.4 is 5.32 Å². The summed E-state index contributed by atoms with van der Waals surface area (Å²) >= 11 is 1.46. The molecule has 1 aromatic heterocycles. The van der Waals surface area contributed by atoms with Crippen molar-refractivity contribution < 1.29 is 0 Å². The Bertz CT molecular complexity index is 124. The van der Waals surface area contributed by atoms with E-state index in [0.717, 1.165) is 5.00 Å². The Labute approximate surface area is 46.3 Å². The van der Waals surface area contributed by atoms with Crippen LogP contribution in [0.15, 0.2) is 12.3 Å². The van der Waals surface area contributed by atoms with E-state index in [1.54, 1.807) is 6.20 Å². The van der Waals surface area contributed by atoms with Gasteiger partial charge in [0.2, 0.25) is 0 Å². The molecule has 1 aromatic rings. The Morgan fingerprint density at radius 3 is 3.00 bits per heavy atom. The molecular formula is C4H6N2S. The Hall–Kier alpha value is -0.570. The fourth-order valence-corrected chi connectivity index (χ4v) is 0.793. The predicted molar refractivity (Wildman–Crippen MR) is 31.7 cm³/mol. The van der Waals surface area contributed by atoms with Crippen molar-refractivity contribution in [1.82, 2.24) is 4.37 Å².